The van der Waals surface area contributed by atoms with Crippen LogP contribution < -0.4 is 4.74 Å². The number of ether oxygens (including phenoxy) is 1. The molecule has 0 spiro atoms. The van der Waals surface area contributed by atoms with E-state index in [0.29, 0.717) is 0 Å². The van der Waals surface area contributed by atoms with Crippen LogP contribution in [-0.2, 0) is 0 Å². The molecular weight excluding hydrogens is 244 g/mol. The Bertz CT molecular complexity index is 314. The second-order valence-electron chi connectivity index (χ2n) is 3.61. The zero-order valence-electron chi connectivity index (χ0n) is 7.82. The molecule has 76 valence electrons. The molecule has 1 fully saturated rings. The Balaban J connectivity index is 2.03. The molecular formula is C11H13BrO2. The molecule has 0 unspecified atom stereocenters. The van der Waals surface area contributed by atoms with E-state index in [1.54, 1.807) is 0 Å². The smallest absolute Gasteiger partial charge is 0.124 e. The molecule has 14 heavy (non-hydrogen) atoms. The Morgan fingerprint density at radius 2 is 2.21 bits per heavy atom. The zero-order valence-corrected chi connectivity index (χ0v) is 9.40. The fraction of sp³-hybridized carbons (Fsp3) is 0.455. The number of hydrogen-bond donors (Lipinski definition) is 1. The standard InChI is InChI=1S/C11H13BrO2/c12-8-3-1-4-9(7-8)14-11-6-2-5-10(11)13/h1,3-4,7,10-11,13H,2,5-6H2/t10-,11-/m0/s1. The summed E-state index contributed by atoms with van der Waals surface area (Å²) >= 11 is 3.38. The molecule has 0 saturated heterocycles. The summed E-state index contributed by atoms with van der Waals surface area (Å²) < 4.78 is 6.69. The van der Waals surface area contributed by atoms with Gasteiger partial charge in [0.05, 0.1) is 6.10 Å². The average Bonchev–Trinajstić information content (AvgIpc) is 2.52. The van der Waals surface area contributed by atoms with Crippen molar-refractivity contribution in [3.8, 4) is 5.75 Å². The third kappa shape index (κ3) is 2.28. The number of rotatable bonds is 2. The fourth-order valence-electron chi connectivity index (χ4n) is 1.76. The lowest BCUT2D eigenvalue weighted by Crippen LogP contribution is -2.25. The van der Waals surface area contributed by atoms with Gasteiger partial charge in [-0.25, -0.2) is 0 Å². The Labute approximate surface area is 92.0 Å². The summed E-state index contributed by atoms with van der Waals surface area (Å²) in [6.45, 7) is 0. The van der Waals surface area contributed by atoms with E-state index < -0.39 is 0 Å². The van der Waals surface area contributed by atoms with Crippen molar-refractivity contribution in [2.24, 2.45) is 0 Å². The lowest BCUT2D eigenvalue weighted by molar-refractivity contribution is 0.0604. The van der Waals surface area contributed by atoms with E-state index in [1.165, 1.54) is 0 Å². The second-order valence-corrected chi connectivity index (χ2v) is 4.53. The summed E-state index contributed by atoms with van der Waals surface area (Å²) in [5.74, 6) is 0.824. The van der Waals surface area contributed by atoms with Gasteiger partial charge in [0.2, 0.25) is 0 Å². The molecule has 0 aliphatic heterocycles. The third-order valence-electron chi connectivity index (χ3n) is 2.50. The highest BCUT2D eigenvalue weighted by Crippen LogP contribution is 2.26. The van der Waals surface area contributed by atoms with E-state index in [4.69, 9.17) is 4.74 Å². The van der Waals surface area contributed by atoms with Crippen LogP contribution in [0.15, 0.2) is 28.7 Å². The van der Waals surface area contributed by atoms with Gasteiger partial charge in [-0.15, -0.1) is 0 Å². The van der Waals surface area contributed by atoms with E-state index in [-0.39, 0.29) is 12.2 Å². The van der Waals surface area contributed by atoms with Crippen molar-refractivity contribution in [1.29, 1.82) is 0 Å². The van der Waals surface area contributed by atoms with Crippen LogP contribution in [0.5, 0.6) is 5.75 Å². The van der Waals surface area contributed by atoms with Gasteiger partial charge < -0.3 is 9.84 Å². The van der Waals surface area contributed by atoms with E-state index in [0.717, 1.165) is 29.5 Å². The molecule has 2 nitrogen and oxygen atoms in total. The van der Waals surface area contributed by atoms with Crippen molar-refractivity contribution in [1.82, 2.24) is 0 Å². The Morgan fingerprint density at radius 1 is 1.36 bits per heavy atom. The van der Waals surface area contributed by atoms with Crippen molar-refractivity contribution in [3.05, 3.63) is 28.7 Å². The first-order chi connectivity index (χ1) is 6.75. The topological polar surface area (TPSA) is 29.5 Å². The van der Waals surface area contributed by atoms with Crippen molar-refractivity contribution >= 4 is 15.9 Å². The molecule has 0 heterocycles. The maximum absolute atomic E-state index is 9.58. The minimum absolute atomic E-state index is 0.0238. The highest BCUT2D eigenvalue weighted by molar-refractivity contribution is 9.10. The highest BCUT2D eigenvalue weighted by atomic mass is 79.9. The molecule has 1 N–H and O–H groups in total. The molecule has 2 atom stereocenters. The normalized spacial score (nSPS) is 26.4. The predicted octanol–water partition coefficient (Wildman–Crippen LogP) is 2.74. The number of aliphatic hydroxyl groups excluding tert-OH is 1. The first-order valence-electron chi connectivity index (χ1n) is 4.86. The minimum atomic E-state index is -0.297. The summed E-state index contributed by atoms with van der Waals surface area (Å²) in [7, 11) is 0. The Kier molecular flexibility index (Phi) is 3.08. The highest BCUT2D eigenvalue weighted by Gasteiger charge is 2.26. The van der Waals surface area contributed by atoms with Gasteiger partial charge in [-0.05, 0) is 37.5 Å². The lowest BCUT2D eigenvalue weighted by atomic mass is 10.2. The molecule has 0 aromatic heterocycles. The molecule has 3 heteroatoms. The summed E-state index contributed by atoms with van der Waals surface area (Å²) in [6.07, 6.45) is 2.55. The van der Waals surface area contributed by atoms with Crippen LogP contribution in [0.2, 0.25) is 0 Å². The van der Waals surface area contributed by atoms with Gasteiger partial charge in [0.1, 0.15) is 11.9 Å². The first-order valence-corrected chi connectivity index (χ1v) is 5.65. The van der Waals surface area contributed by atoms with Crippen LogP contribution in [0.4, 0.5) is 0 Å². The molecule has 0 radical (unpaired) electrons. The van der Waals surface area contributed by atoms with Crippen LogP contribution in [0.3, 0.4) is 0 Å². The molecule has 2 rings (SSSR count). The van der Waals surface area contributed by atoms with Gasteiger partial charge in [-0.3, -0.25) is 0 Å². The molecule has 1 saturated carbocycles. The Morgan fingerprint density at radius 3 is 2.86 bits per heavy atom. The number of aliphatic hydroxyl groups is 1. The van der Waals surface area contributed by atoms with Gasteiger partial charge in [0.25, 0.3) is 0 Å². The van der Waals surface area contributed by atoms with Crippen LogP contribution in [0.25, 0.3) is 0 Å². The number of hydrogen-bond acceptors (Lipinski definition) is 2. The molecule has 1 aromatic carbocycles. The quantitative estimate of drug-likeness (QED) is 0.882. The van der Waals surface area contributed by atoms with Crippen molar-refractivity contribution < 1.29 is 9.84 Å². The van der Waals surface area contributed by atoms with Crippen molar-refractivity contribution in [3.63, 3.8) is 0 Å². The monoisotopic (exact) mass is 256 g/mol. The summed E-state index contributed by atoms with van der Waals surface area (Å²) in [5.41, 5.74) is 0. The second kappa shape index (κ2) is 4.32. The lowest BCUT2D eigenvalue weighted by Gasteiger charge is -2.16. The summed E-state index contributed by atoms with van der Waals surface area (Å²) in [5, 5.41) is 9.58. The van der Waals surface area contributed by atoms with Gasteiger partial charge in [-0.2, -0.15) is 0 Å². The van der Waals surface area contributed by atoms with Crippen LogP contribution in [0, 0.1) is 0 Å². The maximum Gasteiger partial charge on any atom is 0.124 e. The van der Waals surface area contributed by atoms with Crippen LogP contribution in [0.1, 0.15) is 19.3 Å². The molecule has 1 aliphatic rings. The largest absolute Gasteiger partial charge is 0.488 e. The zero-order chi connectivity index (χ0) is 9.97. The fourth-order valence-corrected chi connectivity index (χ4v) is 2.14. The summed E-state index contributed by atoms with van der Waals surface area (Å²) in [6, 6.07) is 7.72. The van der Waals surface area contributed by atoms with Gasteiger partial charge >= 0.3 is 0 Å². The van der Waals surface area contributed by atoms with E-state index in [9.17, 15) is 5.11 Å². The van der Waals surface area contributed by atoms with Crippen LogP contribution >= 0.6 is 15.9 Å². The first kappa shape index (κ1) is 9.99. The molecule has 1 aromatic rings. The van der Waals surface area contributed by atoms with Crippen molar-refractivity contribution in [2.45, 2.75) is 31.5 Å². The molecule has 0 bridgehead atoms. The SMILES string of the molecule is O[C@H]1CCC[C@@H]1Oc1cccc(Br)c1. The third-order valence-corrected chi connectivity index (χ3v) is 2.99. The van der Waals surface area contributed by atoms with Crippen LogP contribution in [-0.4, -0.2) is 17.3 Å². The average molecular weight is 257 g/mol. The van der Waals surface area contributed by atoms with E-state index in [2.05, 4.69) is 15.9 Å². The predicted molar refractivity (Wildman–Crippen MR) is 58.4 cm³/mol. The van der Waals surface area contributed by atoms with E-state index in [1.807, 2.05) is 24.3 Å². The van der Waals surface area contributed by atoms with Crippen molar-refractivity contribution in [2.75, 3.05) is 0 Å². The number of benzene rings is 1. The Hall–Kier alpha value is -0.540. The minimum Gasteiger partial charge on any atom is -0.488 e. The van der Waals surface area contributed by atoms with Gasteiger partial charge in [0, 0.05) is 4.47 Å². The molecule has 1 aliphatic carbocycles. The summed E-state index contributed by atoms with van der Waals surface area (Å²) in [4.78, 5) is 0. The number of halogens is 1. The van der Waals surface area contributed by atoms with Gasteiger partial charge in [-0.1, -0.05) is 22.0 Å². The van der Waals surface area contributed by atoms with Gasteiger partial charge in [0.15, 0.2) is 0 Å². The van der Waals surface area contributed by atoms with E-state index >= 15 is 0 Å². The molecule has 0 amide bonds. The maximum atomic E-state index is 9.58.